The van der Waals surface area contributed by atoms with Crippen LogP contribution in [0.15, 0.2) is 6.07 Å². The molecule has 21 heavy (non-hydrogen) atoms. The number of nitrogens with zero attached hydrogens (tertiary/aromatic N) is 3. The van der Waals surface area contributed by atoms with E-state index in [4.69, 9.17) is 5.73 Å². The van der Waals surface area contributed by atoms with Crippen molar-refractivity contribution in [1.29, 1.82) is 0 Å². The molecule has 1 amide bonds. The van der Waals surface area contributed by atoms with Crippen LogP contribution in [0.3, 0.4) is 0 Å². The summed E-state index contributed by atoms with van der Waals surface area (Å²) in [6.07, 6.45) is 0. The van der Waals surface area contributed by atoms with Crippen molar-refractivity contribution in [3.63, 3.8) is 0 Å². The van der Waals surface area contributed by atoms with Crippen LogP contribution in [0, 0.1) is 0 Å². The van der Waals surface area contributed by atoms with Crippen molar-refractivity contribution in [2.24, 2.45) is 5.73 Å². The Balaban J connectivity index is 2.24. The molecule has 2 rings (SSSR count). The number of thiazole rings is 1. The summed E-state index contributed by atoms with van der Waals surface area (Å²) in [6, 6.07) is 1.99. The van der Waals surface area contributed by atoms with Crippen LogP contribution in [0.4, 0.5) is 5.13 Å². The minimum atomic E-state index is 0.0209. The van der Waals surface area contributed by atoms with Crippen molar-refractivity contribution in [2.45, 2.75) is 26.8 Å². The van der Waals surface area contributed by atoms with E-state index in [1.165, 1.54) is 11.3 Å². The van der Waals surface area contributed by atoms with Gasteiger partial charge in [0.2, 0.25) is 0 Å². The second kappa shape index (κ2) is 6.72. The SMILES string of the molecule is CCN(CC)c1nc2sc(C(=O)N(C)C(C)CN)cc2s1. The van der Waals surface area contributed by atoms with Crippen molar-refractivity contribution in [3.05, 3.63) is 10.9 Å². The van der Waals surface area contributed by atoms with Gasteiger partial charge in [0.1, 0.15) is 4.83 Å². The molecule has 2 N–H and O–H groups in total. The Labute approximate surface area is 133 Å². The lowest BCUT2D eigenvalue weighted by atomic mass is 10.3. The Hall–Kier alpha value is -1.18. The quantitative estimate of drug-likeness (QED) is 0.886. The molecule has 0 aliphatic carbocycles. The number of aromatic nitrogens is 1. The zero-order valence-corrected chi connectivity index (χ0v) is 14.6. The number of hydrogen-bond donors (Lipinski definition) is 1. The number of nitrogens with two attached hydrogens (primary N) is 1. The summed E-state index contributed by atoms with van der Waals surface area (Å²) < 4.78 is 1.08. The predicted octanol–water partition coefficient (Wildman–Crippen LogP) is 2.62. The standard InChI is InChI=1S/C14H22N4OS2/c1-5-18(6-2)14-16-12-10(21-14)7-11(20-12)13(19)17(4)9(3)8-15/h7,9H,5-6,8,15H2,1-4H3. The molecule has 2 aromatic heterocycles. The van der Waals surface area contributed by atoms with Crippen LogP contribution >= 0.6 is 22.7 Å². The number of thiophene rings is 1. The molecule has 2 heterocycles. The average molecular weight is 326 g/mol. The molecule has 1 atom stereocenters. The highest BCUT2D eigenvalue weighted by molar-refractivity contribution is 7.29. The molecule has 0 saturated carbocycles. The number of rotatable bonds is 6. The number of likely N-dealkylation sites (N-methyl/N-ethyl adjacent to an activating group) is 1. The first-order chi connectivity index (χ1) is 10.0. The molecule has 2 aromatic rings. The normalized spacial score (nSPS) is 12.6. The van der Waals surface area contributed by atoms with Crippen molar-refractivity contribution in [3.8, 4) is 0 Å². The summed E-state index contributed by atoms with van der Waals surface area (Å²) >= 11 is 3.11. The van der Waals surface area contributed by atoms with Gasteiger partial charge in [0.05, 0.1) is 9.58 Å². The Morgan fingerprint density at radius 3 is 2.57 bits per heavy atom. The van der Waals surface area contributed by atoms with Gasteiger partial charge in [-0.2, -0.15) is 0 Å². The fourth-order valence-electron chi connectivity index (χ4n) is 1.99. The van der Waals surface area contributed by atoms with Crippen LogP contribution in [-0.4, -0.2) is 48.5 Å². The molecular weight excluding hydrogens is 304 g/mol. The Morgan fingerprint density at radius 2 is 2.05 bits per heavy atom. The second-order valence-electron chi connectivity index (χ2n) is 4.95. The van der Waals surface area contributed by atoms with Crippen LogP contribution in [0.5, 0.6) is 0 Å². The van der Waals surface area contributed by atoms with E-state index in [-0.39, 0.29) is 11.9 Å². The summed E-state index contributed by atoms with van der Waals surface area (Å²) in [5.41, 5.74) is 5.62. The Morgan fingerprint density at radius 1 is 1.38 bits per heavy atom. The van der Waals surface area contributed by atoms with E-state index < -0.39 is 0 Å². The van der Waals surface area contributed by atoms with Crippen LogP contribution in [0.25, 0.3) is 9.53 Å². The highest BCUT2D eigenvalue weighted by Crippen LogP contribution is 2.35. The summed E-state index contributed by atoms with van der Waals surface area (Å²) in [6.45, 7) is 8.55. The summed E-state index contributed by atoms with van der Waals surface area (Å²) in [5.74, 6) is 0.0209. The molecule has 0 spiro atoms. The molecule has 0 saturated heterocycles. The van der Waals surface area contributed by atoms with Gasteiger partial charge in [0.15, 0.2) is 5.13 Å². The maximum Gasteiger partial charge on any atom is 0.264 e. The first-order valence-corrected chi connectivity index (χ1v) is 8.77. The van der Waals surface area contributed by atoms with Gasteiger partial charge in [0, 0.05) is 32.7 Å². The zero-order chi connectivity index (χ0) is 15.6. The molecule has 0 fully saturated rings. The molecule has 0 radical (unpaired) electrons. The smallest absolute Gasteiger partial charge is 0.264 e. The Bertz CT molecular complexity index is 586. The van der Waals surface area contributed by atoms with Gasteiger partial charge in [-0.15, -0.1) is 11.3 Å². The van der Waals surface area contributed by atoms with E-state index in [1.807, 2.05) is 13.0 Å². The van der Waals surface area contributed by atoms with Crippen molar-refractivity contribution >= 4 is 43.2 Å². The van der Waals surface area contributed by atoms with E-state index in [0.29, 0.717) is 6.54 Å². The Kier molecular flexibility index (Phi) is 5.18. The van der Waals surface area contributed by atoms with Gasteiger partial charge in [-0.25, -0.2) is 4.98 Å². The summed E-state index contributed by atoms with van der Waals surface area (Å²) in [5, 5.41) is 1.03. The van der Waals surface area contributed by atoms with Crippen LogP contribution in [0.2, 0.25) is 0 Å². The van der Waals surface area contributed by atoms with Crippen LogP contribution in [0.1, 0.15) is 30.4 Å². The number of hydrogen-bond acceptors (Lipinski definition) is 6. The second-order valence-corrected chi connectivity index (χ2v) is 6.99. The maximum absolute atomic E-state index is 12.4. The topological polar surface area (TPSA) is 62.5 Å². The lowest BCUT2D eigenvalue weighted by Gasteiger charge is -2.22. The number of fused-ring (bicyclic) bond motifs is 1. The highest BCUT2D eigenvalue weighted by Gasteiger charge is 2.20. The van der Waals surface area contributed by atoms with Gasteiger partial charge in [-0.05, 0) is 26.8 Å². The molecule has 0 aromatic carbocycles. The minimum Gasteiger partial charge on any atom is -0.349 e. The molecule has 7 heteroatoms. The van der Waals surface area contributed by atoms with Gasteiger partial charge in [-0.3, -0.25) is 4.79 Å². The van der Waals surface area contributed by atoms with Gasteiger partial charge < -0.3 is 15.5 Å². The number of amides is 1. The van der Waals surface area contributed by atoms with E-state index in [1.54, 1.807) is 23.3 Å². The average Bonchev–Trinajstić information content (AvgIpc) is 3.04. The van der Waals surface area contributed by atoms with E-state index in [2.05, 4.69) is 23.7 Å². The molecule has 116 valence electrons. The largest absolute Gasteiger partial charge is 0.349 e. The number of carbonyl (C=O) groups excluding carboxylic acids is 1. The molecular formula is C14H22N4OS2. The number of anilines is 1. The third kappa shape index (κ3) is 3.20. The van der Waals surface area contributed by atoms with Crippen LogP contribution < -0.4 is 10.6 Å². The summed E-state index contributed by atoms with van der Waals surface area (Å²) in [4.78, 5) is 22.6. The fraction of sp³-hybridized carbons (Fsp3) is 0.571. The predicted molar refractivity (Wildman–Crippen MR) is 91.7 cm³/mol. The lowest BCUT2D eigenvalue weighted by Crippen LogP contribution is -2.39. The highest BCUT2D eigenvalue weighted by atomic mass is 32.1. The maximum atomic E-state index is 12.4. The zero-order valence-electron chi connectivity index (χ0n) is 12.9. The van der Waals surface area contributed by atoms with E-state index in [0.717, 1.165) is 32.6 Å². The molecule has 0 aliphatic heterocycles. The van der Waals surface area contributed by atoms with E-state index >= 15 is 0 Å². The lowest BCUT2D eigenvalue weighted by molar-refractivity contribution is 0.0753. The first kappa shape index (κ1) is 16.2. The molecule has 0 aliphatic rings. The van der Waals surface area contributed by atoms with Gasteiger partial charge in [0.25, 0.3) is 5.91 Å². The number of carbonyl (C=O) groups is 1. The molecule has 1 unspecified atom stereocenters. The molecule has 5 nitrogen and oxygen atoms in total. The first-order valence-electron chi connectivity index (χ1n) is 7.14. The molecule has 0 bridgehead atoms. The minimum absolute atomic E-state index is 0.0209. The summed E-state index contributed by atoms with van der Waals surface area (Å²) in [7, 11) is 1.79. The van der Waals surface area contributed by atoms with Gasteiger partial charge in [-0.1, -0.05) is 11.3 Å². The van der Waals surface area contributed by atoms with Crippen molar-refractivity contribution in [1.82, 2.24) is 9.88 Å². The van der Waals surface area contributed by atoms with E-state index in [9.17, 15) is 4.79 Å². The van der Waals surface area contributed by atoms with Crippen molar-refractivity contribution < 1.29 is 4.79 Å². The van der Waals surface area contributed by atoms with Crippen molar-refractivity contribution in [2.75, 3.05) is 31.6 Å². The van der Waals surface area contributed by atoms with Crippen LogP contribution in [-0.2, 0) is 0 Å². The fourth-order valence-corrected chi connectivity index (χ4v) is 4.31. The monoisotopic (exact) mass is 326 g/mol. The van der Waals surface area contributed by atoms with Gasteiger partial charge >= 0.3 is 0 Å². The third-order valence-electron chi connectivity index (χ3n) is 3.65. The third-order valence-corrected chi connectivity index (χ3v) is 5.85.